The number of benzene rings is 1. The molecule has 2 N–H and O–H groups in total. The summed E-state index contributed by atoms with van der Waals surface area (Å²) < 4.78 is 13.0. The molecule has 0 heterocycles. The lowest BCUT2D eigenvalue weighted by Crippen LogP contribution is -2.29. The maximum atomic E-state index is 13.0. The van der Waals surface area contributed by atoms with Gasteiger partial charge in [0.05, 0.1) is 5.02 Å². The molecule has 1 atom stereocenters. The van der Waals surface area contributed by atoms with Crippen LogP contribution in [0.2, 0.25) is 5.02 Å². The van der Waals surface area contributed by atoms with Gasteiger partial charge in [0.15, 0.2) is 0 Å². The van der Waals surface area contributed by atoms with Gasteiger partial charge in [0.1, 0.15) is 5.82 Å². The summed E-state index contributed by atoms with van der Waals surface area (Å²) in [4.78, 5) is 0. The molecule has 1 aromatic carbocycles. The molecule has 4 heteroatoms. The lowest BCUT2D eigenvalue weighted by Gasteiger charge is -2.17. The Bertz CT molecular complexity index is 317. The van der Waals surface area contributed by atoms with Gasteiger partial charge < -0.3 is 10.6 Å². The molecule has 1 aromatic rings. The van der Waals surface area contributed by atoms with Gasteiger partial charge in [0, 0.05) is 12.6 Å². The third-order valence-electron chi connectivity index (χ3n) is 2.29. The third-order valence-corrected chi connectivity index (χ3v) is 2.58. The Morgan fingerprint density at radius 2 is 2.20 bits per heavy atom. The van der Waals surface area contributed by atoms with Crippen LogP contribution in [-0.4, -0.2) is 20.1 Å². The fourth-order valence-electron chi connectivity index (χ4n) is 1.40. The molecule has 84 valence electrons. The van der Waals surface area contributed by atoms with Gasteiger partial charge >= 0.3 is 0 Å². The smallest absolute Gasteiger partial charge is 0.141 e. The molecule has 0 bridgehead atoms. The SMILES string of the molecule is CCNCC(NC)c1ccc(F)c(Cl)c1. The highest BCUT2D eigenvalue weighted by Gasteiger charge is 2.10. The van der Waals surface area contributed by atoms with Gasteiger partial charge in [-0.1, -0.05) is 24.6 Å². The first kappa shape index (κ1) is 12.4. The van der Waals surface area contributed by atoms with E-state index in [2.05, 4.69) is 10.6 Å². The summed E-state index contributed by atoms with van der Waals surface area (Å²) in [6.45, 7) is 3.76. The van der Waals surface area contributed by atoms with Gasteiger partial charge in [0.25, 0.3) is 0 Å². The average Bonchev–Trinajstić information content (AvgIpc) is 2.24. The van der Waals surface area contributed by atoms with Crippen molar-refractivity contribution >= 4 is 11.6 Å². The minimum atomic E-state index is -0.376. The van der Waals surface area contributed by atoms with E-state index in [4.69, 9.17) is 11.6 Å². The van der Waals surface area contributed by atoms with Gasteiger partial charge in [-0.15, -0.1) is 0 Å². The normalized spacial score (nSPS) is 12.8. The minimum Gasteiger partial charge on any atom is -0.315 e. The number of likely N-dealkylation sites (N-methyl/N-ethyl adjacent to an activating group) is 2. The van der Waals surface area contributed by atoms with Crippen molar-refractivity contribution in [1.82, 2.24) is 10.6 Å². The molecular weight excluding hydrogens is 215 g/mol. The Kier molecular flexibility index (Phi) is 5.02. The van der Waals surface area contributed by atoms with Crippen LogP contribution >= 0.6 is 11.6 Å². The molecule has 0 saturated heterocycles. The van der Waals surface area contributed by atoms with Crippen molar-refractivity contribution in [2.45, 2.75) is 13.0 Å². The quantitative estimate of drug-likeness (QED) is 0.812. The van der Waals surface area contributed by atoms with E-state index in [0.717, 1.165) is 18.7 Å². The van der Waals surface area contributed by atoms with Crippen molar-refractivity contribution in [3.05, 3.63) is 34.6 Å². The van der Waals surface area contributed by atoms with E-state index in [1.165, 1.54) is 6.07 Å². The first-order valence-electron chi connectivity index (χ1n) is 5.02. The Labute approximate surface area is 94.8 Å². The van der Waals surface area contributed by atoms with Gasteiger partial charge in [-0.05, 0) is 31.3 Å². The largest absolute Gasteiger partial charge is 0.315 e. The standard InChI is InChI=1S/C11H16ClFN2/c1-3-15-7-11(14-2)8-4-5-10(13)9(12)6-8/h4-6,11,14-15H,3,7H2,1-2H3. The maximum Gasteiger partial charge on any atom is 0.141 e. The van der Waals surface area contributed by atoms with Crippen LogP contribution in [0.25, 0.3) is 0 Å². The number of hydrogen-bond acceptors (Lipinski definition) is 2. The van der Waals surface area contributed by atoms with E-state index < -0.39 is 0 Å². The van der Waals surface area contributed by atoms with Crippen LogP contribution in [0, 0.1) is 5.82 Å². The molecule has 15 heavy (non-hydrogen) atoms. The fourth-order valence-corrected chi connectivity index (χ4v) is 1.59. The van der Waals surface area contributed by atoms with Crippen molar-refractivity contribution in [1.29, 1.82) is 0 Å². The monoisotopic (exact) mass is 230 g/mol. The molecule has 1 rings (SSSR count). The third kappa shape index (κ3) is 3.45. The Balaban J connectivity index is 2.78. The number of nitrogens with one attached hydrogen (secondary N) is 2. The van der Waals surface area contributed by atoms with E-state index in [1.807, 2.05) is 14.0 Å². The zero-order valence-electron chi connectivity index (χ0n) is 8.98. The van der Waals surface area contributed by atoms with E-state index in [0.29, 0.717) is 0 Å². The van der Waals surface area contributed by atoms with Crippen molar-refractivity contribution in [2.24, 2.45) is 0 Å². The summed E-state index contributed by atoms with van der Waals surface area (Å²) in [5.74, 6) is -0.376. The molecule has 0 amide bonds. The minimum absolute atomic E-state index is 0.156. The van der Waals surface area contributed by atoms with Crippen molar-refractivity contribution < 1.29 is 4.39 Å². The Morgan fingerprint density at radius 3 is 2.73 bits per heavy atom. The van der Waals surface area contributed by atoms with Crippen LogP contribution in [0.5, 0.6) is 0 Å². The molecule has 0 spiro atoms. The van der Waals surface area contributed by atoms with Crippen molar-refractivity contribution in [3.8, 4) is 0 Å². The Hall–Kier alpha value is -0.640. The lowest BCUT2D eigenvalue weighted by molar-refractivity contribution is 0.536. The van der Waals surface area contributed by atoms with Crippen LogP contribution in [-0.2, 0) is 0 Å². The summed E-state index contributed by atoms with van der Waals surface area (Å²) in [5.41, 5.74) is 0.991. The lowest BCUT2D eigenvalue weighted by atomic mass is 10.1. The van der Waals surface area contributed by atoms with Crippen LogP contribution in [0.15, 0.2) is 18.2 Å². The summed E-state index contributed by atoms with van der Waals surface area (Å²) in [6, 6.07) is 4.96. The molecule has 1 unspecified atom stereocenters. The number of hydrogen-bond donors (Lipinski definition) is 2. The predicted molar refractivity (Wildman–Crippen MR) is 61.8 cm³/mol. The summed E-state index contributed by atoms with van der Waals surface area (Å²) in [5, 5.41) is 6.56. The van der Waals surface area contributed by atoms with Crippen molar-refractivity contribution in [3.63, 3.8) is 0 Å². The molecule has 0 fully saturated rings. The highest BCUT2D eigenvalue weighted by atomic mass is 35.5. The van der Waals surface area contributed by atoms with Gasteiger partial charge in [0.2, 0.25) is 0 Å². The average molecular weight is 231 g/mol. The fraction of sp³-hybridized carbons (Fsp3) is 0.455. The second-order valence-electron chi connectivity index (χ2n) is 3.32. The van der Waals surface area contributed by atoms with Crippen molar-refractivity contribution in [2.75, 3.05) is 20.1 Å². The van der Waals surface area contributed by atoms with Crippen LogP contribution in [0.3, 0.4) is 0 Å². The molecule has 2 nitrogen and oxygen atoms in total. The summed E-state index contributed by atoms with van der Waals surface area (Å²) >= 11 is 5.73. The van der Waals surface area contributed by atoms with E-state index in [-0.39, 0.29) is 16.9 Å². The van der Waals surface area contributed by atoms with Crippen LogP contribution in [0.1, 0.15) is 18.5 Å². The second kappa shape index (κ2) is 6.05. The van der Waals surface area contributed by atoms with E-state index >= 15 is 0 Å². The molecule has 0 aliphatic carbocycles. The van der Waals surface area contributed by atoms with Gasteiger partial charge in [-0.25, -0.2) is 4.39 Å². The molecule has 0 aromatic heterocycles. The Morgan fingerprint density at radius 1 is 1.47 bits per heavy atom. The molecule has 0 radical (unpaired) electrons. The van der Waals surface area contributed by atoms with E-state index in [1.54, 1.807) is 12.1 Å². The topological polar surface area (TPSA) is 24.1 Å². The molecule has 0 aliphatic rings. The van der Waals surface area contributed by atoms with Crippen LogP contribution in [0.4, 0.5) is 4.39 Å². The second-order valence-corrected chi connectivity index (χ2v) is 3.73. The summed E-state index contributed by atoms with van der Waals surface area (Å²) in [7, 11) is 1.87. The highest BCUT2D eigenvalue weighted by molar-refractivity contribution is 6.30. The number of halogens is 2. The highest BCUT2D eigenvalue weighted by Crippen LogP contribution is 2.20. The van der Waals surface area contributed by atoms with E-state index in [9.17, 15) is 4.39 Å². The molecule has 0 aliphatic heterocycles. The maximum absolute atomic E-state index is 13.0. The zero-order chi connectivity index (χ0) is 11.3. The predicted octanol–water partition coefficient (Wildman–Crippen LogP) is 2.35. The zero-order valence-corrected chi connectivity index (χ0v) is 9.74. The van der Waals surface area contributed by atoms with Gasteiger partial charge in [-0.3, -0.25) is 0 Å². The first-order valence-corrected chi connectivity index (χ1v) is 5.39. The molecular formula is C11H16ClFN2. The summed E-state index contributed by atoms with van der Waals surface area (Å²) in [6.07, 6.45) is 0. The first-order chi connectivity index (χ1) is 7.19. The van der Waals surface area contributed by atoms with Crippen LogP contribution < -0.4 is 10.6 Å². The number of rotatable bonds is 5. The molecule has 0 saturated carbocycles. The van der Waals surface area contributed by atoms with Gasteiger partial charge in [-0.2, -0.15) is 0 Å².